The summed E-state index contributed by atoms with van der Waals surface area (Å²) in [6.45, 7) is 0.276. The monoisotopic (exact) mass is 254 g/mol. The van der Waals surface area contributed by atoms with Gasteiger partial charge in [0.05, 0.1) is 6.61 Å². The van der Waals surface area contributed by atoms with E-state index < -0.39 is 0 Å². The fraction of sp³-hybridized carbons (Fsp3) is 1.00. The molecule has 0 amide bonds. The molecule has 0 aromatic rings. The van der Waals surface area contributed by atoms with Crippen molar-refractivity contribution in [3.8, 4) is 0 Å². The smallest absolute Gasteiger partial charge is 0.0613 e. The molecule has 18 heavy (non-hydrogen) atoms. The van der Waals surface area contributed by atoms with E-state index in [2.05, 4.69) is 17.3 Å². The van der Waals surface area contributed by atoms with Crippen molar-refractivity contribution in [3.63, 3.8) is 0 Å². The average Bonchev–Trinajstić information content (AvgIpc) is 2.66. The molecule has 0 aromatic heterocycles. The number of likely N-dealkylation sites (N-methyl/N-ethyl adjacent to an activating group) is 1. The lowest BCUT2D eigenvalue weighted by molar-refractivity contribution is 0.131. The lowest BCUT2D eigenvalue weighted by Gasteiger charge is -2.34. The van der Waals surface area contributed by atoms with Gasteiger partial charge in [0.25, 0.3) is 0 Å². The third-order valence-electron chi connectivity index (χ3n) is 5.39. The van der Waals surface area contributed by atoms with Crippen molar-refractivity contribution in [2.24, 2.45) is 0 Å². The molecule has 0 bridgehead atoms. The van der Waals surface area contributed by atoms with Crippen LogP contribution in [-0.2, 0) is 0 Å². The van der Waals surface area contributed by atoms with E-state index in [1.807, 2.05) is 7.05 Å². The van der Waals surface area contributed by atoms with Gasteiger partial charge in [0.1, 0.15) is 0 Å². The first-order valence-corrected chi connectivity index (χ1v) is 7.72. The first kappa shape index (κ1) is 14.3. The number of aliphatic hydroxyl groups is 1. The van der Waals surface area contributed by atoms with Crippen LogP contribution in [0.3, 0.4) is 0 Å². The van der Waals surface area contributed by atoms with Gasteiger partial charge in [0.15, 0.2) is 0 Å². The molecule has 2 aliphatic rings. The average molecular weight is 254 g/mol. The maximum atomic E-state index is 9.59. The molecule has 2 saturated carbocycles. The predicted octanol–water partition coefficient (Wildman–Crippen LogP) is 2.14. The third kappa shape index (κ3) is 3.06. The number of hydrogen-bond donors (Lipinski definition) is 2. The minimum Gasteiger partial charge on any atom is -0.394 e. The van der Waals surface area contributed by atoms with Gasteiger partial charge < -0.3 is 15.3 Å². The first-order valence-electron chi connectivity index (χ1n) is 7.72. The van der Waals surface area contributed by atoms with Gasteiger partial charge in [-0.3, -0.25) is 0 Å². The highest BCUT2D eigenvalue weighted by atomic mass is 16.3. The van der Waals surface area contributed by atoms with Gasteiger partial charge in [-0.1, -0.05) is 25.7 Å². The van der Waals surface area contributed by atoms with Crippen molar-refractivity contribution in [2.45, 2.75) is 75.4 Å². The molecule has 0 aliphatic heterocycles. The van der Waals surface area contributed by atoms with E-state index in [9.17, 15) is 5.11 Å². The van der Waals surface area contributed by atoms with Crippen molar-refractivity contribution in [1.82, 2.24) is 10.2 Å². The van der Waals surface area contributed by atoms with Gasteiger partial charge in [-0.05, 0) is 46.2 Å². The van der Waals surface area contributed by atoms with Gasteiger partial charge in [0, 0.05) is 17.6 Å². The summed E-state index contributed by atoms with van der Waals surface area (Å²) in [5, 5.41) is 12.9. The van der Waals surface area contributed by atoms with Crippen LogP contribution in [0.1, 0.15) is 57.8 Å². The number of aliphatic hydroxyl groups excluding tert-OH is 1. The quantitative estimate of drug-likeness (QED) is 0.755. The van der Waals surface area contributed by atoms with Crippen LogP contribution in [0.25, 0.3) is 0 Å². The summed E-state index contributed by atoms with van der Waals surface area (Å²) in [6, 6.07) is 1.44. The minimum absolute atomic E-state index is 0.0103. The molecule has 0 aromatic carbocycles. The number of nitrogens with one attached hydrogen (secondary N) is 1. The van der Waals surface area contributed by atoms with Crippen molar-refractivity contribution >= 4 is 0 Å². The summed E-state index contributed by atoms with van der Waals surface area (Å²) in [7, 11) is 4.30. The van der Waals surface area contributed by atoms with E-state index in [-0.39, 0.29) is 12.1 Å². The summed E-state index contributed by atoms with van der Waals surface area (Å²) in [4.78, 5) is 2.63. The zero-order valence-electron chi connectivity index (χ0n) is 12.1. The Kier molecular flexibility index (Phi) is 5.05. The summed E-state index contributed by atoms with van der Waals surface area (Å²) in [5.74, 6) is 0. The van der Waals surface area contributed by atoms with E-state index in [1.54, 1.807) is 0 Å². The molecule has 2 rings (SSSR count). The molecule has 3 nitrogen and oxygen atoms in total. The molecule has 2 fully saturated rings. The van der Waals surface area contributed by atoms with Crippen LogP contribution in [0.2, 0.25) is 0 Å². The van der Waals surface area contributed by atoms with Crippen LogP contribution in [-0.4, -0.2) is 48.3 Å². The molecule has 106 valence electrons. The molecule has 0 saturated heterocycles. The topological polar surface area (TPSA) is 35.5 Å². The summed E-state index contributed by atoms with van der Waals surface area (Å²) in [6.07, 6.45) is 11.8. The molecule has 3 heteroatoms. The Morgan fingerprint density at radius 2 is 1.78 bits per heavy atom. The Morgan fingerprint density at radius 3 is 2.28 bits per heavy atom. The molecule has 0 spiro atoms. The number of hydrogen-bond acceptors (Lipinski definition) is 3. The van der Waals surface area contributed by atoms with Crippen LogP contribution in [0.4, 0.5) is 0 Å². The summed E-state index contributed by atoms with van der Waals surface area (Å²) in [5.41, 5.74) is -0.0103. The standard InChI is InChI=1S/C15H30N2O/c1-16-15(12-18)10-9-14(11-15)17(2)13-7-5-3-4-6-8-13/h13-14,16,18H,3-12H2,1-2H3. The van der Waals surface area contributed by atoms with E-state index >= 15 is 0 Å². The van der Waals surface area contributed by atoms with Gasteiger partial charge in [-0.2, -0.15) is 0 Å². The van der Waals surface area contributed by atoms with Crippen LogP contribution in [0.5, 0.6) is 0 Å². The minimum atomic E-state index is -0.0103. The largest absolute Gasteiger partial charge is 0.394 e. The van der Waals surface area contributed by atoms with Crippen molar-refractivity contribution in [2.75, 3.05) is 20.7 Å². The van der Waals surface area contributed by atoms with Crippen molar-refractivity contribution in [1.29, 1.82) is 0 Å². The Bertz CT molecular complexity index is 245. The molecule has 2 aliphatic carbocycles. The maximum Gasteiger partial charge on any atom is 0.0613 e. The highest BCUT2D eigenvalue weighted by Crippen LogP contribution is 2.34. The van der Waals surface area contributed by atoms with Crippen LogP contribution in [0, 0.1) is 0 Å². The molecule has 2 atom stereocenters. The first-order chi connectivity index (χ1) is 8.71. The fourth-order valence-electron chi connectivity index (χ4n) is 3.86. The summed E-state index contributed by atoms with van der Waals surface area (Å²) >= 11 is 0. The second-order valence-corrected chi connectivity index (χ2v) is 6.40. The lowest BCUT2D eigenvalue weighted by atomic mass is 9.98. The molecule has 0 heterocycles. The Morgan fingerprint density at radius 1 is 1.11 bits per heavy atom. The summed E-state index contributed by atoms with van der Waals surface area (Å²) < 4.78 is 0. The highest BCUT2D eigenvalue weighted by molar-refractivity contribution is 4.99. The van der Waals surface area contributed by atoms with E-state index in [4.69, 9.17) is 0 Å². The van der Waals surface area contributed by atoms with Crippen molar-refractivity contribution in [3.05, 3.63) is 0 Å². The maximum absolute atomic E-state index is 9.59. The highest BCUT2D eigenvalue weighted by Gasteiger charge is 2.40. The SMILES string of the molecule is CNC1(CO)CCC(N(C)C2CCCCCC2)C1. The van der Waals surface area contributed by atoms with E-state index in [0.717, 1.165) is 18.9 Å². The fourth-order valence-corrected chi connectivity index (χ4v) is 3.86. The molecular weight excluding hydrogens is 224 g/mol. The van der Waals surface area contributed by atoms with Gasteiger partial charge in [0.2, 0.25) is 0 Å². The molecule has 2 unspecified atom stereocenters. The normalized spacial score (nSPS) is 35.0. The Labute approximate surface area is 112 Å². The molecule has 2 N–H and O–H groups in total. The van der Waals surface area contributed by atoms with Crippen molar-refractivity contribution < 1.29 is 5.11 Å². The molecular formula is C15H30N2O. The Hall–Kier alpha value is -0.120. The zero-order valence-corrected chi connectivity index (χ0v) is 12.1. The number of nitrogens with zero attached hydrogens (tertiary/aromatic N) is 1. The van der Waals surface area contributed by atoms with Crippen LogP contribution in [0.15, 0.2) is 0 Å². The zero-order chi connectivity index (χ0) is 13.0. The number of rotatable bonds is 4. The van der Waals surface area contributed by atoms with Gasteiger partial charge in [-0.25, -0.2) is 0 Å². The van der Waals surface area contributed by atoms with E-state index in [1.165, 1.54) is 44.9 Å². The molecule has 0 radical (unpaired) electrons. The Balaban J connectivity index is 1.91. The van der Waals surface area contributed by atoms with Crippen LogP contribution >= 0.6 is 0 Å². The lowest BCUT2D eigenvalue weighted by Crippen LogP contribution is -2.47. The van der Waals surface area contributed by atoms with E-state index in [0.29, 0.717) is 6.04 Å². The van der Waals surface area contributed by atoms with Gasteiger partial charge >= 0.3 is 0 Å². The van der Waals surface area contributed by atoms with Gasteiger partial charge in [-0.15, -0.1) is 0 Å². The predicted molar refractivity (Wildman–Crippen MR) is 75.8 cm³/mol. The second-order valence-electron chi connectivity index (χ2n) is 6.40. The van der Waals surface area contributed by atoms with Crippen LogP contribution < -0.4 is 5.32 Å². The second kappa shape index (κ2) is 6.36. The third-order valence-corrected chi connectivity index (χ3v) is 5.39.